The van der Waals surface area contributed by atoms with Crippen LogP contribution in [0.1, 0.15) is 65.5 Å². The Hall–Kier alpha value is -8.11. The van der Waals surface area contributed by atoms with Gasteiger partial charge in [-0.3, -0.25) is 9.69 Å². The fourth-order valence-corrected chi connectivity index (χ4v) is 9.36. The van der Waals surface area contributed by atoms with Gasteiger partial charge in [0.25, 0.3) is 16.1 Å². The molecular weight excluding hydrogens is 1020 g/mol. The van der Waals surface area contributed by atoms with Crippen LogP contribution in [-0.2, 0) is 45.4 Å². The molecule has 2 aliphatic heterocycles. The first-order chi connectivity index (χ1) is 36.7. The van der Waals surface area contributed by atoms with Gasteiger partial charge in [0.2, 0.25) is 5.88 Å². The van der Waals surface area contributed by atoms with Crippen molar-refractivity contribution in [2.24, 2.45) is 0 Å². The van der Waals surface area contributed by atoms with E-state index >= 15 is 4.79 Å². The van der Waals surface area contributed by atoms with E-state index in [9.17, 15) is 38.6 Å². The molecule has 0 radical (unpaired) electrons. The van der Waals surface area contributed by atoms with Gasteiger partial charge in [-0.05, 0) is 115 Å². The Bertz CT molecular complexity index is 2980. The highest BCUT2D eigenvalue weighted by atomic mass is 35.5. The lowest BCUT2D eigenvalue weighted by atomic mass is 9.81. The smallest absolute Gasteiger partial charge is 0.416 e. The van der Waals surface area contributed by atoms with Crippen LogP contribution in [0.2, 0.25) is 5.02 Å². The number of benzene rings is 4. The van der Waals surface area contributed by atoms with Crippen LogP contribution < -0.4 is 18.9 Å². The molecule has 23 heteroatoms. The van der Waals surface area contributed by atoms with Crippen molar-refractivity contribution >= 4 is 35.3 Å². The van der Waals surface area contributed by atoms with Gasteiger partial charge < -0.3 is 43.2 Å². The van der Waals surface area contributed by atoms with E-state index in [1.165, 1.54) is 34.1 Å². The number of methoxy groups -OCH3 is 1. The average molecular weight is 1070 g/mol. The molecule has 2 atom stereocenters. The van der Waals surface area contributed by atoms with Gasteiger partial charge in [-0.2, -0.15) is 0 Å². The van der Waals surface area contributed by atoms with Gasteiger partial charge in [-0.1, -0.05) is 60.1 Å². The Kier molecular flexibility index (Phi) is 17.8. The molecule has 2 unspecified atom stereocenters. The third-order valence-corrected chi connectivity index (χ3v) is 13.3. The molecule has 0 spiro atoms. The van der Waals surface area contributed by atoms with Gasteiger partial charge >= 0.3 is 12.2 Å². The van der Waals surface area contributed by atoms with Crippen molar-refractivity contribution in [3.8, 4) is 23.1 Å². The number of amides is 3. The lowest BCUT2D eigenvalue weighted by Crippen LogP contribution is -2.66. The molecule has 2 bridgehead atoms. The summed E-state index contributed by atoms with van der Waals surface area (Å²) >= 11 is 5.96. The Morgan fingerprint density at radius 1 is 0.789 bits per heavy atom. The van der Waals surface area contributed by atoms with Crippen molar-refractivity contribution in [1.82, 2.24) is 19.7 Å². The number of nitrogens with zero attached hydrogens (tertiary/aromatic N) is 6. The van der Waals surface area contributed by atoms with Crippen LogP contribution in [0.5, 0.6) is 23.1 Å². The van der Waals surface area contributed by atoms with E-state index in [4.69, 9.17) is 35.3 Å². The summed E-state index contributed by atoms with van der Waals surface area (Å²) in [6.07, 6.45) is 2.94. The number of halogens is 3. The van der Waals surface area contributed by atoms with Crippen LogP contribution in [-0.4, -0.2) is 106 Å². The van der Waals surface area contributed by atoms with Crippen LogP contribution in [0, 0.1) is 38.8 Å². The summed E-state index contributed by atoms with van der Waals surface area (Å²) in [5.74, 6) is -1.83. The van der Waals surface area contributed by atoms with Crippen molar-refractivity contribution in [2.75, 3.05) is 40.0 Å². The van der Waals surface area contributed by atoms with Crippen LogP contribution >= 0.6 is 11.6 Å². The molecule has 1 saturated heterocycles. The fourth-order valence-electron chi connectivity index (χ4n) is 9.15. The lowest BCUT2D eigenvalue weighted by molar-refractivity contribution is -0.763. The topological polar surface area (TPSA) is 225 Å². The van der Waals surface area contributed by atoms with E-state index in [1.54, 1.807) is 42.5 Å². The minimum absolute atomic E-state index is 0.0354. The monoisotopic (exact) mass is 1070 g/mol. The molecule has 4 aromatic carbocycles. The second kappa shape index (κ2) is 24.9. The Morgan fingerprint density at radius 2 is 1.43 bits per heavy atom. The minimum Gasteiger partial charge on any atom is -0.489 e. The second-order valence-electron chi connectivity index (χ2n) is 18.2. The number of fused-ring (bicyclic) bond motifs is 2. The van der Waals surface area contributed by atoms with E-state index < -0.39 is 70.2 Å². The van der Waals surface area contributed by atoms with E-state index in [0.717, 1.165) is 28.8 Å². The Balaban J connectivity index is 1.15. The summed E-state index contributed by atoms with van der Waals surface area (Å²) in [6.45, 7) is 1.78. The van der Waals surface area contributed by atoms with Crippen molar-refractivity contribution in [1.29, 1.82) is 0 Å². The third kappa shape index (κ3) is 13.6. The number of aromatic nitrogens is 1. The lowest BCUT2D eigenvalue weighted by Gasteiger charge is -2.50. The zero-order chi connectivity index (χ0) is 53.9. The zero-order valence-corrected chi connectivity index (χ0v) is 42.2. The number of rotatable bonds is 23. The van der Waals surface area contributed by atoms with Crippen LogP contribution in [0.3, 0.4) is 0 Å². The first-order valence-corrected chi connectivity index (χ1v) is 24.7. The minimum atomic E-state index is -1.14. The number of piperazine rings is 1. The average Bonchev–Trinajstić information content (AvgIpc) is 4.27. The molecule has 3 amide bonds. The van der Waals surface area contributed by atoms with Crippen molar-refractivity contribution in [2.45, 2.75) is 83.3 Å². The maximum absolute atomic E-state index is 15.8. The van der Waals surface area contributed by atoms with Gasteiger partial charge in [-0.15, -0.1) is 20.2 Å². The summed E-state index contributed by atoms with van der Waals surface area (Å²) in [7, 11) is 1.60. The number of hydrogen-bond acceptors (Lipinski definition) is 15. The summed E-state index contributed by atoms with van der Waals surface area (Å²) in [5.41, 5.74) is 4.61. The molecule has 20 nitrogen and oxygen atoms in total. The highest BCUT2D eigenvalue weighted by Crippen LogP contribution is 2.42. The third-order valence-electron chi connectivity index (χ3n) is 13.0. The summed E-state index contributed by atoms with van der Waals surface area (Å²) < 4.78 is 57.0. The summed E-state index contributed by atoms with van der Waals surface area (Å²) in [4.78, 5) is 84.9. The number of pyridine rings is 1. The van der Waals surface area contributed by atoms with Gasteiger partial charge in [0, 0.05) is 63.1 Å². The van der Waals surface area contributed by atoms with E-state index in [1.807, 2.05) is 37.3 Å². The molecule has 400 valence electrons. The van der Waals surface area contributed by atoms with Gasteiger partial charge in [-0.25, -0.2) is 23.4 Å². The molecule has 3 aliphatic rings. The standard InChI is InChI=1S/C53H53ClF2N6O14/c1-33-38(20-21-57-50(33)72-24-6-22-70-2)28-59(39-16-17-39)51(63)47-43(37-14-12-34(13-15-37)9-5-23-71-49-45(56)19-18-44(55)48(49)54)27-40-29-58(52(64)75-41-10-3-7-35(25-41)31-73-61(66)67)30-46(47)60(40)53(65)76-42-11-4-8-36(26-42)32-74-62(68)69/h3-4,7-8,10-15,18-21,25-26,39-40,46H,5-6,9,16-17,22-24,27-32H2,1-2H3. The fraction of sp³-hybridized carbons (Fsp3) is 0.358. The number of carbonyl (C=O) groups is 3. The molecule has 3 heterocycles. The molecule has 5 aromatic rings. The van der Waals surface area contributed by atoms with Crippen molar-refractivity contribution < 1.29 is 66.7 Å². The second-order valence-corrected chi connectivity index (χ2v) is 18.6. The number of ether oxygens (including phenoxy) is 5. The molecule has 1 aliphatic carbocycles. The van der Waals surface area contributed by atoms with Crippen LogP contribution in [0.25, 0.3) is 5.57 Å². The highest BCUT2D eigenvalue weighted by molar-refractivity contribution is 6.32. The van der Waals surface area contributed by atoms with Crippen LogP contribution in [0.15, 0.2) is 103 Å². The Labute approximate surface area is 439 Å². The summed E-state index contributed by atoms with van der Waals surface area (Å²) in [5, 5.41) is 19.6. The normalized spacial score (nSPS) is 15.9. The first-order valence-electron chi connectivity index (χ1n) is 24.3. The van der Waals surface area contributed by atoms with Gasteiger partial charge in [0.15, 0.2) is 11.6 Å². The zero-order valence-electron chi connectivity index (χ0n) is 41.4. The van der Waals surface area contributed by atoms with Gasteiger partial charge in [0.1, 0.15) is 35.6 Å². The Morgan fingerprint density at radius 3 is 2.08 bits per heavy atom. The molecule has 2 fully saturated rings. The molecule has 1 aromatic heterocycles. The largest absolute Gasteiger partial charge is 0.489 e. The first kappa shape index (κ1) is 54.2. The van der Waals surface area contributed by atoms with Crippen molar-refractivity contribution in [3.63, 3.8) is 0 Å². The molecule has 1 saturated carbocycles. The highest BCUT2D eigenvalue weighted by Gasteiger charge is 2.50. The van der Waals surface area contributed by atoms with Crippen LogP contribution in [0.4, 0.5) is 18.4 Å². The maximum atomic E-state index is 15.8. The predicted molar refractivity (Wildman–Crippen MR) is 267 cm³/mol. The molecular formula is C53H53ClF2N6O14. The number of carbonyl (C=O) groups excluding carboxylic acids is 3. The van der Waals surface area contributed by atoms with Gasteiger partial charge in [0.05, 0.1) is 25.3 Å². The maximum Gasteiger partial charge on any atom is 0.416 e. The molecule has 76 heavy (non-hydrogen) atoms. The quantitative estimate of drug-likeness (QED) is 0.0257. The van der Waals surface area contributed by atoms with E-state index in [2.05, 4.69) is 14.7 Å². The summed E-state index contributed by atoms with van der Waals surface area (Å²) in [6, 6.07) is 21.1. The number of hydrogen-bond donors (Lipinski definition) is 0. The predicted octanol–water partition coefficient (Wildman–Crippen LogP) is 9.27. The van der Waals surface area contributed by atoms with E-state index in [-0.39, 0.29) is 61.5 Å². The van der Waals surface area contributed by atoms with Crippen molar-refractivity contribution in [3.05, 3.63) is 173 Å². The SMILES string of the molecule is COCCCOc1nccc(CN(C(=O)C2=C(c3ccc(CCCOc4c(F)ccc(F)c4Cl)cc3)CC3CN(C(=O)Oc4cccc(CO[N+](=O)[O-])c4)CC2N3C(=O)Oc2cccc(CO[N+](=O)[O-])c2)C2CC2)c1C. The molecule has 0 N–H and O–H groups in total. The van der Waals surface area contributed by atoms with E-state index in [0.29, 0.717) is 73.5 Å². The number of aryl methyl sites for hydroxylation is 1. The molecule has 8 rings (SSSR count).